The molecule has 3 nitrogen and oxygen atoms in total. The maximum atomic E-state index is 5.17. The number of nitrogens with one attached hydrogen (secondary N) is 2. The zero-order valence-corrected chi connectivity index (χ0v) is 12.5. The minimum absolute atomic E-state index is 0.914. The van der Waals surface area contributed by atoms with Gasteiger partial charge in [-0.3, -0.25) is 0 Å². The molecule has 2 aromatic carbocycles. The van der Waals surface area contributed by atoms with Gasteiger partial charge >= 0.3 is 0 Å². The van der Waals surface area contributed by atoms with Crippen molar-refractivity contribution in [3.8, 4) is 5.75 Å². The molecule has 0 saturated heterocycles. The molecule has 0 fully saturated rings. The van der Waals surface area contributed by atoms with Crippen molar-refractivity contribution in [2.45, 2.75) is 19.4 Å². The summed E-state index contributed by atoms with van der Waals surface area (Å²) in [6.07, 6.45) is 2.18. The van der Waals surface area contributed by atoms with Gasteiger partial charge in [0.15, 0.2) is 0 Å². The SMILES string of the molecule is COc1ccc(CCNCc2cccc3c2NCC3)cc1. The van der Waals surface area contributed by atoms with Crippen LogP contribution in [0.2, 0.25) is 0 Å². The normalized spacial score (nSPS) is 12.8. The van der Waals surface area contributed by atoms with Crippen LogP contribution in [0.15, 0.2) is 42.5 Å². The van der Waals surface area contributed by atoms with Crippen LogP contribution in [0.4, 0.5) is 5.69 Å². The summed E-state index contributed by atoms with van der Waals surface area (Å²) in [5.74, 6) is 0.914. The first-order valence-electron chi connectivity index (χ1n) is 7.55. The van der Waals surface area contributed by atoms with E-state index >= 15 is 0 Å². The Kier molecular flexibility index (Phi) is 4.41. The first-order chi connectivity index (χ1) is 10.4. The van der Waals surface area contributed by atoms with Crippen molar-refractivity contribution in [2.75, 3.05) is 25.5 Å². The van der Waals surface area contributed by atoms with E-state index in [2.05, 4.69) is 41.0 Å². The van der Waals surface area contributed by atoms with E-state index in [1.165, 1.54) is 22.4 Å². The van der Waals surface area contributed by atoms with Gasteiger partial charge in [0, 0.05) is 18.8 Å². The number of fused-ring (bicyclic) bond motifs is 1. The molecule has 21 heavy (non-hydrogen) atoms. The number of hydrogen-bond donors (Lipinski definition) is 2. The molecule has 0 bridgehead atoms. The second kappa shape index (κ2) is 6.64. The highest BCUT2D eigenvalue weighted by Crippen LogP contribution is 2.26. The standard InChI is InChI=1S/C18H22N2O/c1-21-17-7-5-14(6-8-17)9-11-19-13-16-4-2-3-15-10-12-20-18(15)16/h2-8,19-20H,9-13H2,1H3. The van der Waals surface area contributed by atoms with Crippen molar-refractivity contribution in [2.24, 2.45) is 0 Å². The summed E-state index contributed by atoms with van der Waals surface area (Å²) in [4.78, 5) is 0. The Bertz CT molecular complexity index is 593. The summed E-state index contributed by atoms with van der Waals surface area (Å²) in [7, 11) is 1.70. The molecule has 110 valence electrons. The van der Waals surface area contributed by atoms with Gasteiger partial charge in [-0.1, -0.05) is 30.3 Å². The quantitative estimate of drug-likeness (QED) is 0.799. The van der Waals surface area contributed by atoms with Gasteiger partial charge in [0.25, 0.3) is 0 Å². The van der Waals surface area contributed by atoms with E-state index < -0.39 is 0 Å². The van der Waals surface area contributed by atoms with Crippen LogP contribution < -0.4 is 15.4 Å². The van der Waals surface area contributed by atoms with Crippen LogP contribution in [0.5, 0.6) is 5.75 Å². The largest absolute Gasteiger partial charge is 0.497 e. The Balaban J connectivity index is 1.49. The van der Waals surface area contributed by atoms with Crippen LogP contribution in [0, 0.1) is 0 Å². The second-order valence-corrected chi connectivity index (χ2v) is 5.40. The fourth-order valence-electron chi connectivity index (χ4n) is 2.81. The predicted molar refractivity (Wildman–Crippen MR) is 87.0 cm³/mol. The Labute approximate surface area is 126 Å². The summed E-state index contributed by atoms with van der Waals surface area (Å²) in [5.41, 5.74) is 5.50. The van der Waals surface area contributed by atoms with Crippen LogP contribution in [0.25, 0.3) is 0 Å². The fourth-order valence-corrected chi connectivity index (χ4v) is 2.81. The summed E-state index contributed by atoms with van der Waals surface area (Å²) >= 11 is 0. The summed E-state index contributed by atoms with van der Waals surface area (Å²) in [5, 5.41) is 7.02. The third kappa shape index (κ3) is 3.37. The smallest absolute Gasteiger partial charge is 0.118 e. The highest BCUT2D eigenvalue weighted by Gasteiger charge is 2.12. The van der Waals surface area contributed by atoms with Gasteiger partial charge in [-0.05, 0) is 48.2 Å². The third-order valence-electron chi connectivity index (χ3n) is 4.00. The van der Waals surface area contributed by atoms with Crippen LogP contribution in [-0.4, -0.2) is 20.2 Å². The molecule has 1 aliphatic heterocycles. The number of anilines is 1. The zero-order chi connectivity index (χ0) is 14.5. The van der Waals surface area contributed by atoms with Gasteiger partial charge in [0.2, 0.25) is 0 Å². The molecule has 1 aliphatic rings. The van der Waals surface area contributed by atoms with E-state index in [0.717, 1.165) is 38.2 Å². The molecule has 0 spiro atoms. The molecule has 0 aromatic heterocycles. The predicted octanol–water partition coefficient (Wildman–Crippen LogP) is 3.00. The number of ether oxygens (including phenoxy) is 1. The average Bonchev–Trinajstić information content (AvgIpc) is 3.01. The number of rotatable bonds is 6. The minimum Gasteiger partial charge on any atom is -0.497 e. The molecular weight excluding hydrogens is 260 g/mol. The molecule has 0 amide bonds. The van der Waals surface area contributed by atoms with E-state index in [4.69, 9.17) is 4.74 Å². The van der Waals surface area contributed by atoms with Crippen molar-refractivity contribution in [3.05, 3.63) is 59.2 Å². The number of methoxy groups -OCH3 is 1. The molecular formula is C18H22N2O. The van der Waals surface area contributed by atoms with Crippen molar-refractivity contribution in [1.29, 1.82) is 0 Å². The molecule has 1 heterocycles. The van der Waals surface area contributed by atoms with E-state index in [1.807, 2.05) is 12.1 Å². The molecule has 2 N–H and O–H groups in total. The Hall–Kier alpha value is -2.00. The topological polar surface area (TPSA) is 33.3 Å². The third-order valence-corrected chi connectivity index (χ3v) is 4.00. The molecule has 2 aromatic rings. The molecule has 3 heteroatoms. The van der Waals surface area contributed by atoms with Gasteiger partial charge < -0.3 is 15.4 Å². The maximum absolute atomic E-state index is 5.17. The van der Waals surface area contributed by atoms with E-state index in [9.17, 15) is 0 Å². The summed E-state index contributed by atoms with van der Waals surface area (Å²) < 4.78 is 5.17. The number of benzene rings is 2. The number of hydrogen-bond acceptors (Lipinski definition) is 3. The lowest BCUT2D eigenvalue weighted by Gasteiger charge is -2.10. The van der Waals surface area contributed by atoms with E-state index in [-0.39, 0.29) is 0 Å². The van der Waals surface area contributed by atoms with E-state index in [0.29, 0.717) is 0 Å². The van der Waals surface area contributed by atoms with Gasteiger partial charge in [0.1, 0.15) is 5.75 Å². The van der Waals surface area contributed by atoms with Crippen molar-refractivity contribution in [1.82, 2.24) is 5.32 Å². The van der Waals surface area contributed by atoms with Gasteiger partial charge in [-0.15, -0.1) is 0 Å². The second-order valence-electron chi connectivity index (χ2n) is 5.40. The van der Waals surface area contributed by atoms with Crippen molar-refractivity contribution in [3.63, 3.8) is 0 Å². The molecule has 0 saturated carbocycles. The van der Waals surface area contributed by atoms with Gasteiger partial charge in [-0.25, -0.2) is 0 Å². The zero-order valence-electron chi connectivity index (χ0n) is 12.5. The van der Waals surface area contributed by atoms with Crippen LogP contribution in [-0.2, 0) is 19.4 Å². The van der Waals surface area contributed by atoms with Gasteiger partial charge in [0.05, 0.1) is 7.11 Å². The van der Waals surface area contributed by atoms with E-state index in [1.54, 1.807) is 7.11 Å². The lowest BCUT2D eigenvalue weighted by molar-refractivity contribution is 0.414. The first-order valence-corrected chi connectivity index (χ1v) is 7.55. The van der Waals surface area contributed by atoms with Crippen molar-refractivity contribution < 1.29 is 4.74 Å². The Morgan fingerprint density at radius 3 is 2.81 bits per heavy atom. The summed E-state index contributed by atoms with van der Waals surface area (Å²) in [6.45, 7) is 2.97. The van der Waals surface area contributed by atoms with Crippen molar-refractivity contribution >= 4 is 5.69 Å². The van der Waals surface area contributed by atoms with Crippen LogP contribution in [0.3, 0.4) is 0 Å². The monoisotopic (exact) mass is 282 g/mol. The van der Waals surface area contributed by atoms with Crippen LogP contribution >= 0.6 is 0 Å². The lowest BCUT2D eigenvalue weighted by Crippen LogP contribution is -2.17. The molecule has 3 rings (SSSR count). The fraction of sp³-hybridized carbons (Fsp3) is 0.333. The molecule has 0 unspecified atom stereocenters. The minimum atomic E-state index is 0.914. The average molecular weight is 282 g/mol. The molecule has 0 aliphatic carbocycles. The lowest BCUT2D eigenvalue weighted by atomic mass is 10.1. The summed E-state index contributed by atoms with van der Waals surface area (Å²) in [6, 6.07) is 14.9. The highest BCUT2D eigenvalue weighted by atomic mass is 16.5. The molecule has 0 atom stereocenters. The number of para-hydroxylation sites is 1. The van der Waals surface area contributed by atoms with Gasteiger partial charge in [-0.2, -0.15) is 0 Å². The first kappa shape index (κ1) is 14.0. The highest BCUT2D eigenvalue weighted by molar-refractivity contribution is 5.61. The molecule has 0 radical (unpaired) electrons. The Morgan fingerprint density at radius 2 is 2.00 bits per heavy atom. The van der Waals surface area contributed by atoms with Crippen LogP contribution in [0.1, 0.15) is 16.7 Å². The maximum Gasteiger partial charge on any atom is 0.118 e. The Morgan fingerprint density at radius 1 is 1.14 bits per heavy atom.